The molecule has 0 unspecified atom stereocenters. The number of halogens is 1. The summed E-state index contributed by atoms with van der Waals surface area (Å²) in [7, 11) is 0. The zero-order valence-electron chi connectivity index (χ0n) is 9.23. The first-order valence-electron chi connectivity index (χ1n) is 4.47. The molecule has 1 aliphatic rings. The fourth-order valence-electron chi connectivity index (χ4n) is 0.920. The number of rotatable bonds is 1. The summed E-state index contributed by atoms with van der Waals surface area (Å²) in [5.41, 5.74) is 1.65. The second-order valence-corrected chi connectivity index (χ2v) is 4.20. The average Bonchev–Trinajstić information content (AvgIpc) is 2.55. The monoisotopic (exact) mass is 287 g/mol. The Kier molecular flexibility index (Phi) is 10.4. The Balaban J connectivity index is 0. The van der Waals surface area contributed by atoms with Crippen LogP contribution in [0.1, 0.15) is 27.2 Å². The summed E-state index contributed by atoms with van der Waals surface area (Å²) in [5.74, 6) is 0.556. The van der Waals surface area contributed by atoms with Gasteiger partial charge in [-0.1, -0.05) is 26.8 Å². The van der Waals surface area contributed by atoms with Gasteiger partial charge in [0.05, 0.1) is 0 Å². The SMILES string of the molecule is C=CCCl.CC(C)(C)C1=[C-]CC=C1.[Zr]. The Hall–Kier alpha value is 0.393. The standard InChI is InChI=1S/C9H13.C3H5Cl.Zr/c1-9(2,3)8-6-4-5-7-8;1-2-3-4;/h4,6H,5H2,1-3H3;2H,1,3H2;/q-1;;. The molecule has 1 aliphatic carbocycles. The minimum Gasteiger partial charge on any atom is -0.269 e. The smallest absolute Gasteiger partial charge is 0.0401 e. The maximum Gasteiger partial charge on any atom is 0.0401 e. The predicted molar refractivity (Wildman–Crippen MR) is 60.9 cm³/mol. The van der Waals surface area contributed by atoms with E-state index < -0.39 is 0 Å². The molecule has 0 saturated heterocycles. The molecule has 0 heterocycles. The third-order valence-corrected chi connectivity index (χ3v) is 1.83. The number of alkyl halides is 1. The summed E-state index contributed by atoms with van der Waals surface area (Å²) < 4.78 is 0. The summed E-state index contributed by atoms with van der Waals surface area (Å²) in [4.78, 5) is 0. The Morgan fingerprint density at radius 1 is 1.57 bits per heavy atom. The van der Waals surface area contributed by atoms with Crippen LogP contribution in [0.5, 0.6) is 0 Å². The molecule has 0 atom stereocenters. The third-order valence-electron chi connectivity index (χ3n) is 1.61. The van der Waals surface area contributed by atoms with Gasteiger partial charge in [-0.3, -0.25) is 6.08 Å². The Morgan fingerprint density at radius 3 is 2.21 bits per heavy atom. The minimum atomic E-state index is 0. The van der Waals surface area contributed by atoms with Crippen molar-refractivity contribution in [3.63, 3.8) is 0 Å². The van der Waals surface area contributed by atoms with Gasteiger partial charge in [-0.05, 0) is 5.41 Å². The van der Waals surface area contributed by atoms with Gasteiger partial charge < -0.3 is 0 Å². The van der Waals surface area contributed by atoms with Gasteiger partial charge >= 0.3 is 0 Å². The van der Waals surface area contributed by atoms with Crippen LogP contribution in [0.3, 0.4) is 0 Å². The zero-order valence-corrected chi connectivity index (χ0v) is 12.4. The molecular formula is C12H18ClZr-. The summed E-state index contributed by atoms with van der Waals surface area (Å²) in [6.07, 6.45) is 10.3. The van der Waals surface area contributed by atoms with Crippen LogP contribution in [0.2, 0.25) is 0 Å². The van der Waals surface area contributed by atoms with Crippen LogP contribution >= 0.6 is 11.6 Å². The van der Waals surface area contributed by atoms with Crippen molar-refractivity contribution in [3.8, 4) is 0 Å². The van der Waals surface area contributed by atoms with E-state index in [2.05, 4.69) is 45.6 Å². The second-order valence-electron chi connectivity index (χ2n) is 3.89. The van der Waals surface area contributed by atoms with Crippen molar-refractivity contribution < 1.29 is 26.2 Å². The number of hydrogen-bond acceptors (Lipinski definition) is 0. The Morgan fingerprint density at radius 2 is 2.07 bits per heavy atom. The quantitative estimate of drug-likeness (QED) is 0.387. The van der Waals surface area contributed by atoms with E-state index in [0.29, 0.717) is 11.3 Å². The van der Waals surface area contributed by atoms with Crippen LogP contribution in [0, 0.1) is 11.5 Å². The molecule has 0 aliphatic heterocycles. The molecule has 1 rings (SSSR count). The van der Waals surface area contributed by atoms with Crippen LogP contribution in [0.25, 0.3) is 0 Å². The Labute approximate surface area is 112 Å². The second kappa shape index (κ2) is 8.68. The molecular weight excluding hydrogens is 271 g/mol. The molecule has 0 bridgehead atoms. The van der Waals surface area contributed by atoms with E-state index in [-0.39, 0.29) is 26.2 Å². The van der Waals surface area contributed by atoms with E-state index in [9.17, 15) is 0 Å². The van der Waals surface area contributed by atoms with Crippen molar-refractivity contribution in [2.24, 2.45) is 5.41 Å². The van der Waals surface area contributed by atoms with Crippen molar-refractivity contribution >= 4 is 11.6 Å². The molecule has 0 fully saturated rings. The first-order valence-corrected chi connectivity index (χ1v) is 5.00. The first kappa shape index (κ1) is 16.8. The third kappa shape index (κ3) is 7.77. The van der Waals surface area contributed by atoms with Gasteiger partial charge in [-0.2, -0.15) is 6.08 Å². The van der Waals surface area contributed by atoms with Gasteiger partial charge in [0.1, 0.15) is 0 Å². The van der Waals surface area contributed by atoms with Gasteiger partial charge in [-0.15, -0.1) is 24.6 Å². The maximum absolute atomic E-state index is 5.07. The van der Waals surface area contributed by atoms with Crippen molar-refractivity contribution in [2.45, 2.75) is 27.2 Å². The van der Waals surface area contributed by atoms with Gasteiger partial charge in [-0.25, -0.2) is 11.6 Å². The maximum atomic E-state index is 5.07. The summed E-state index contributed by atoms with van der Waals surface area (Å²) >= 11 is 5.07. The molecule has 0 spiro atoms. The Bertz CT molecular complexity index is 209. The number of hydrogen-bond donors (Lipinski definition) is 0. The van der Waals surface area contributed by atoms with Crippen LogP contribution in [0.4, 0.5) is 0 Å². The van der Waals surface area contributed by atoms with Crippen molar-refractivity contribution in [3.05, 3.63) is 36.5 Å². The van der Waals surface area contributed by atoms with E-state index >= 15 is 0 Å². The van der Waals surface area contributed by atoms with Crippen LogP contribution in [-0.4, -0.2) is 5.88 Å². The molecule has 0 N–H and O–H groups in total. The fraction of sp³-hybridized carbons (Fsp3) is 0.500. The molecule has 14 heavy (non-hydrogen) atoms. The topological polar surface area (TPSA) is 0 Å². The van der Waals surface area contributed by atoms with Crippen LogP contribution in [0.15, 0.2) is 30.4 Å². The molecule has 0 aromatic heterocycles. The van der Waals surface area contributed by atoms with E-state index in [1.54, 1.807) is 6.08 Å². The molecule has 0 saturated carbocycles. The minimum absolute atomic E-state index is 0. The molecule has 0 aromatic rings. The molecule has 0 radical (unpaired) electrons. The van der Waals surface area contributed by atoms with E-state index in [1.165, 1.54) is 5.57 Å². The molecule has 0 nitrogen and oxygen atoms in total. The normalized spacial score (nSPS) is 13.6. The van der Waals surface area contributed by atoms with Crippen LogP contribution in [-0.2, 0) is 26.2 Å². The predicted octanol–water partition coefficient (Wildman–Crippen LogP) is 4.13. The average molecular weight is 289 g/mol. The van der Waals surface area contributed by atoms with Crippen LogP contribution < -0.4 is 0 Å². The largest absolute Gasteiger partial charge is 0.269 e. The van der Waals surface area contributed by atoms with Gasteiger partial charge in [0, 0.05) is 32.1 Å². The number of allylic oxidation sites excluding steroid dienone is 5. The van der Waals surface area contributed by atoms with Crippen molar-refractivity contribution in [1.82, 2.24) is 0 Å². The summed E-state index contributed by atoms with van der Waals surface area (Å²) in [6.45, 7) is 9.99. The molecule has 78 valence electrons. The van der Waals surface area contributed by atoms with Crippen molar-refractivity contribution in [1.29, 1.82) is 0 Å². The fourth-order valence-corrected chi connectivity index (χ4v) is 0.920. The molecule has 0 amide bonds. The zero-order chi connectivity index (χ0) is 10.3. The van der Waals surface area contributed by atoms with E-state index in [4.69, 9.17) is 11.6 Å². The van der Waals surface area contributed by atoms with Gasteiger partial charge in [0.15, 0.2) is 0 Å². The van der Waals surface area contributed by atoms with Gasteiger partial charge in [0.2, 0.25) is 0 Å². The van der Waals surface area contributed by atoms with Gasteiger partial charge in [0.25, 0.3) is 0 Å². The molecule has 2 heteroatoms. The first-order chi connectivity index (χ1) is 6.02. The summed E-state index contributed by atoms with van der Waals surface area (Å²) in [5, 5.41) is 0. The summed E-state index contributed by atoms with van der Waals surface area (Å²) in [6, 6.07) is 0. The van der Waals surface area contributed by atoms with E-state index in [0.717, 1.165) is 6.42 Å². The van der Waals surface area contributed by atoms with E-state index in [1.807, 2.05) is 0 Å². The van der Waals surface area contributed by atoms with Crippen molar-refractivity contribution in [2.75, 3.05) is 5.88 Å². The molecule has 0 aromatic carbocycles.